The molecule has 17 heavy (non-hydrogen) atoms. The third-order valence-corrected chi connectivity index (χ3v) is 3.50. The van der Waals surface area contributed by atoms with Crippen LogP contribution in [0.4, 0.5) is 0 Å². The Morgan fingerprint density at radius 1 is 1.06 bits per heavy atom. The fourth-order valence-electron chi connectivity index (χ4n) is 1.56. The van der Waals surface area contributed by atoms with Crippen LogP contribution in [0.25, 0.3) is 10.8 Å². The summed E-state index contributed by atoms with van der Waals surface area (Å²) < 4.78 is 28.1. The van der Waals surface area contributed by atoms with Gasteiger partial charge < -0.3 is 4.18 Å². The van der Waals surface area contributed by atoms with Crippen molar-refractivity contribution in [1.82, 2.24) is 0 Å². The number of rotatable bonds is 3. The van der Waals surface area contributed by atoms with E-state index in [4.69, 9.17) is 0 Å². The van der Waals surface area contributed by atoms with Gasteiger partial charge in [-0.3, -0.25) is 0 Å². The first-order chi connectivity index (χ1) is 7.65. The van der Waals surface area contributed by atoms with E-state index in [1.54, 1.807) is 18.2 Å². The van der Waals surface area contributed by atoms with E-state index in [0.717, 1.165) is 11.6 Å². The zero-order chi connectivity index (χ0) is 11.6. The van der Waals surface area contributed by atoms with Crippen LogP contribution in [-0.4, -0.2) is 38.0 Å². The normalized spacial score (nSPS) is 10.6. The Morgan fingerprint density at radius 2 is 1.71 bits per heavy atom. The summed E-state index contributed by atoms with van der Waals surface area (Å²) in [5.74, 6) is 0. The predicted octanol–water partition coefficient (Wildman–Crippen LogP) is 2.04. The molecule has 0 aliphatic rings. The molecule has 2 aromatic carbocycles. The van der Waals surface area contributed by atoms with Crippen LogP contribution < -0.4 is 0 Å². The fourth-order valence-corrected chi connectivity index (χ4v) is 2.54. The summed E-state index contributed by atoms with van der Waals surface area (Å²) in [5.41, 5.74) is 0. The van der Waals surface area contributed by atoms with Gasteiger partial charge in [0.2, 0.25) is 0 Å². The molecule has 0 bridgehead atoms. The van der Waals surface area contributed by atoms with Crippen molar-refractivity contribution in [3.05, 3.63) is 55.3 Å². The second-order valence-electron chi connectivity index (χ2n) is 3.19. The molecule has 0 unspecified atom stereocenters. The van der Waals surface area contributed by atoms with Crippen molar-refractivity contribution in [3.63, 3.8) is 0 Å². The van der Waals surface area contributed by atoms with Gasteiger partial charge in [0.05, 0.1) is 6.26 Å². The minimum absolute atomic E-state index is 0. The van der Waals surface area contributed by atoms with E-state index in [2.05, 4.69) is 10.8 Å². The Kier molecular flexibility index (Phi) is 4.77. The van der Waals surface area contributed by atoms with E-state index in [1.807, 2.05) is 18.2 Å². The van der Waals surface area contributed by atoms with Crippen molar-refractivity contribution in [1.29, 1.82) is 0 Å². The Hall–Kier alpha value is -0.810. The SMILES string of the molecule is C=COS(=O)(=O)c1cccc2ccccc12.[NaH]. The van der Waals surface area contributed by atoms with Crippen molar-refractivity contribution >= 4 is 50.4 Å². The predicted molar refractivity (Wildman–Crippen MR) is 69.6 cm³/mol. The molecular formula is C12H11NaO3S. The second-order valence-corrected chi connectivity index (χ2v) is 4.73. The van der Waals surface area contributed by atoms with Gasteiger partial charge in [-0.2, -0.15) is 8.42 Å². The first-order valence-electron chi connectivity index (χ1n) is 4.67. The summed E-state index contributed by atoms with van der Waals surface area (Å²) in [6.45, 7) is 3.25. The maximum absolute atomic E-state index is 11.8. The van der Waals surface area contributed by atoms with Crippen molar-refractivity contribution in [2.24, 2.45) is 0 Å². The number of benzene rings is 2. The quantitative estimate of drug-likeness (QED) is 0.480. The van der Waals surface area contributed by atoms with Gasteiger partial charge in [-0.1, -0.05) is 43.0 Å². The van der Waals surface area contributed by atoms with E-state index >= 15 is 0 Å². The molecule has 5 heteroatoms. The van der Waals surface area contributed by atoms with Gasteiger partial charge in [0.15, 0.2) is 0 Å². The molecule has 0 saturated heterocycles. The van der Waals surface area contributed by atoms with E-state index in [-0.39, 0.29) is 34.5 Å². The number of hydrogen-bond donors (Lipinski definition) is 0. The average Bonchev–Trinajstić information content (AvgIpc) is 2.28. The molecule has 0 aromatic heterocycles. The molecule has 0 radical (unpaired) electrons. The van der Waals surface area contributed by atoms with Crippen LogP contribution in [0.2, 0.25) is 0 Å². The standard InChI is InChI=1S/C12H10O3S.Na.H/c1-2-15-16(13,14)12-9-5-7-10-6-3-4-8-11(10)12;;/h2-9H,1H2;;. The van der Waals surface area contributed by atoms with E-state index in [9.17, 15) is 8.42 Å². The van der Waals surface area contributed by atoms with Crippen LogP contribution >= 0.6 is 0 Å². The molecule has 0 amide bonds. The van der Waals surface area contributed by atoms with E-state index in [1.165, 1.54) is 6.07 Å². The van der Waals surface area contributed by atoms with Gasteiger partial charge in [-0.25, -0.2) is 0 Å². The summed E-state index contributed by atoms with van der Waals surface area (Å²) >= 11 is 0. The van der Waals surface area contributed by atoms with Gasteiger partial charge in [0.25, 0.3) is 0 Å². The zero-order valence-electron chi connectivity index (χ0n) is 8.46. The maximum atomic E-state index is 11.8. The van der Waals surface area contributed by atoms with Crippen LogP contribution in [-0.2, 0) is 14.3 Å². The summed E-state index contributed by atoms with van der Waals surface area (Å²) in [4.78, 5) is 0.158. The fraction of sp³-hybridized carbons (Fsp3) is 0. The van der Waals surface area contributed by atoms with Crippen molar-refractivity contribution in [2.75, 3.05) is 0 Å². The molecule has 0 aliphatic carbocycles. The van der Waals surface area contributed by atoms with Crippen LogP contribution in [0.3, 0.4) is 0 Å². The summed E-state index contributed by atoms with van der Waals surface area (Å²) in [6.07, 6.45) is 0.914. The molecule has 0 aliphatic heterocycles. The van der Waals surface area contributed by atoms with Crippen molar-refractivity contribution in [3.8, 4) is 0 Å². The number of hydrogen-bond acceptors (Lipinski definition) is 3. The molecule has 2 aromatic rings. The van der Waals surface area contributed by atoms with Crippen LogP contribution in [0.1, 0.15) is 0 Å². The minimum atomic E-state index is -3.75. The first kappa shape index (κ1) is 14.3. The number of fused-ring (bicyclic) bond motifs is 1. The summed E-state index contributed by atoms with van der Waals surface area (Å²) in [6, 6.07) is 12.3. The molecule has 0 atom stereocenters. The zero-order valence-corrected chi connectivity index (χ0v) is 9.28. The molecule has 0 fully saturated rings. The van der Waals surface area contributed by atoms with Gasteiger partial charge in [0.1, 0.15) is 4.90 Å². The molecule has 0 spiro atoms. The first-order valence-corrected chi connectivity index (χ1v) is 6.08. The Bertz CT molecular complexity index is 630. The molecular weight excluding hydrogens is 247 g/mol. The van der Waals surface area contributed by atoms with Gasteiger partial charge >= 0.3 is 39.7 Å². The second kappa shape index (κ2) is 5.69. The Balaban J connectivity index is 0.00000144. The third kappa shape index (κ3) is 2.90. The molecule has 0 N–H and O–H groups in total. The van der Waals surface area contributed by atoms with E-state index in [0.29, 0.717) is 5.39 Å². The van der Waals surface area contributed by atoms with Crippen LogP contribution in [0, 0.1) is 0 Å². The van der Waals surface area contributed by atoms with E-state index < -0.39 is 10.1 Å². The summed E-state index contributed by atoms with van der Waals surface area (Å²) in [7, 11) is -3.75. The topological polar surface area (TPSA) is 43.4 Å². The van der Waals surface area contributed by atoms with Crippen molar-refractivity contribution < 1.29 is 12.6 Å². The molecule has 0 saturated carbocycles. The monoisotopic (exact) mass is 258 g/mol. The van der Waals surface area contributed by atoms with Crippen molar-refractivity contribution in [2.45, 2.75) is 4.90 Å². The van der Waals surface area contributed by atoms with Gasteiger partial charge in [-0.05, 0) is 11.5 Å². The Morgan fingerprint density at radius 3 is 2.41 bits per heavy atom. The van der Waals surface area contributed by atoms with Gasteiger partial charge in [0, 0.05) is 5.39 Å². The van der Waals surface area contributed by atoms with Crippen LogP contribution in [0.5, 0.6) is 0 Å². The molecule has 2 rings (SSSR count). The molecule has 0 heterocycles. The van der Waals surface area contributed by atoms with Crippen LogP contribution in [0.15, 0.2) is 60.2 Å². The third-order valence-electron chi connectivity index (χ3n) is 2.21. The van der Waals surface area contributed by atoms with Gasteiger partial charge in [-0.15, -0.1) is 0 Å². The average molecular weight is 258 g/mol. The molecule has 3 nitrogen and oxygen atoms in total. The summed E-state index contributed by atoms with van der Waals surface area (Å²) in [5, 5.41) is 1.50. The Labute approximate surface area is 123 Å². The molecule has 84 valence electrons.